The predicted molar refractivity (Wildman–Crippen MR) is 65.9 cm³/mol. The van der Waals surface area contributed by atoms with Gasteiger partial charge in [-0.25, -0.2) is 4.39 Å². The summed E-state index contributed by atoms with van der Waals surface area (Å²) in [5.74, 6) is -0.223. The Kier molecular flexibility index (Phi) is 1.83. The van der Waals surface area contributed by atoms with Crippen LogP contribution in [0.4, 0.5) is 4.39 Å². The van der Waals surface area contributed by atoms with Crippen molar-refractivity contribution in [3.05, 3.63) is 54.4 Å². The van der Waals surface area contributed by atoms with Crippen molar-refractivity contribution in [2.45, 2.75) is 0 Å². The highest BCUT2D eigenvalue weighted by Crippen LogP contribution is 2.28. The molecule has 3 rings (SSSR count). The zero-order valence-corrected chi connectivity index (χ0v) is 8.63. The second kappa shape index (κ2) is 3.20. The summed E-state index contributed by atoms with van der Waals surface area (Å²) in [5.41, 5.74) is 2.87. The summed E-state index contributed by atoms with van der Waals surface area (Å²) >= 11 is 0. The van der Waals surface area contributed by atoms with Crippen LogP contribution in [-0.2, 0) is 0 Å². The van der Waals surface area contributed by atoms with Crippen molar-refractivity contribution in [1.29, 1.82) is 0 Å². The molecule has 0 radical (unpaired) electrons. The van der Waals surface area contributed by atoms with Gasteiger partial charge in [0.1, 0.15) is 5.82 Å². The van der Waals surface area contributed by atoms with Gasteiger partial charge < -0.3 is 4.98 Å². The van der Waals surface area contributed by atoms with Crippen molar-refractivity contribution in [3.8, 4) is 0 Å². The van der Waals surface area contributed by atoms with Crippen molar-refractivity contribution in [2.24, 2.45) is 0 Å². The molecule has 1 nitrogen and oxygen atoms in total. The number of nitrogens with one attached hydrogen (secondary N) is 1. The monoisotopic (exact) mass is 211 g/mol. The minimum atomic E-state index is -0.223. The van der Waals surface area contributed by atoms with Crippen LogP contribution < -0.4 is 0 Å². The summed E-state index contributed by atoms with van der Waals surface area (Å²) in [6.45, 7) is 3.77. The zero-order chi connectivity index (χ0) is 11.1. The Morgan fingerprint density at radius 2 is 2.00 bits per heavy atom. The summed E-state index contributed by atoms with van der Waals surface area (Å²) < 4.78 is 13.1. The maximum atomic E-state index is 13.1. The van der Waals surface area contributed by atoms with E-state index in [2.05, 4.69) is 11.6 Å². The fraction of sp³-hybridized carbons (Fsp3) is 0. The highest BCUT2D eigenvalue weighted by atomic mass is 19.1. The molecule has 0 bridgehead atoms. The van der Waals surface area contributed by atoms with E-state index in [1.54, 1.807) is 12.1 Å². The number of para-hydroxylation sites is 1. The van der Waals surface area contributed by atoms with Crippen LogP contribution in [0.1, 0.15) is 5.56 Å². The Labute approximate surface area is 92.2 Å². The molecule has 1 aromatic heterocycles. The molecule has 0 saturated carbocycles. The Bertz CT molecular complexity index is 694. The number of fused-ring (bicyclic) bond motifs is 3. The third-order valence-corrected chi connectivity index (χ3v) is 2.85. The zero-order valence-electron chi connectivity index (χ0n) is 8.63. The molecule has 2 heteroatoms. The van der Waals surface area contributed by atoms with E-state index in [1.165, 1.54) is 12.1 Å². The van der Waals surface area contributed by atoms with Gasteiger partial charge in [0.25, 0.3) is 0 Å². The Morgan fingerprint density at radius 3 is 2.81 bits per heavy atom. The first kappa shape index (κ1) is 9.16. The van der Waals surface area contributed by atoms with Gasteiger partial charge in [-0.3, -0.25) is 0 Å². The minimum Gasteiger partial charge on any atom is -0.354 e. The number of aromatic amines is 1. The fourth-order valence-corrected chi connectivity index (χ4v) is 2.09. The van der Waals surface area contributed by atoms with E-state index in [0.717, 1.165) is 27.4 Å². The maximum absolute atomic E-state index is 13.1. The standard InChI is InChI=1S/C14H10FN/c1-2-9-4-3-5-12-11-7-6-10(15)8-13(11)16-14(9)12/h2-8,16H,1H2. The number of hydrogen-bond acceptors (Lipinski definition) is 0. The summed E-state index contributed by atoms with van der Waals surface area (Å²) in [4.78, 5) is 3.23. The highest BCUT2D eigenvalue weighted by molar-refractivity contribution is 6.09. The molecule has 0 aliphatic carbocycles. The largest absolute Gasteiger partial charge is 0.354 e. The molecule has 0 aliphatic rings. The topological polar surface area (TPSA) is 15.8 Å². The Balaban J connectivity index is 2.54. The first-order chi connectivity index (χ1) is 7.79. The van der Waals surface area contributed by atoms with Crippen LogP contribution >= 0.6 is 0 Å². The summed E-state index contributed by atoms with van der Waals surface area (Å²) in [7, 11) is 0. The van der Waals surface area contributed by atoms with E-state index in [9.17, 15) is 4.39 Å². The number of H-pyrrole nitrogens is 1. The lowest BCUT2D eigenvalue weighted by Gasteiger charge is -1.94. The van der Waals surface area contributed by atoms with Crippen LogP contribution in [0.15, 0.2) is 43.0 Å². The first-order valence-electron chi connectivity index (χ1n) is 5.12. The second-order valence-corrected chi connectivity index (χ2v) is 3.79. The van der Waals surface area contributed by atoms with Gasteiger partial charge in [0.05, 0.1) is 5.52 Å². The van der Waals surface area contributed by atoms with Crippen molar-refractivity contribution < 1.29 is 4.39 Å². The van der Waals surface area contributed by atoms with Gasteiger partial charge >= 0.3 is 0 Å². The van der Waals surface area contributed by atoms with Gasteiger partial charge in [0, 0.05) is 16.3 Å². The van der Waals surface area contributed by atoms with Crippen LogP contribution in [0.5, 0.6) is 0 Å². The first-order valence-corrected chi connectivity index (χ1v) is 5.12. The molecule has 0 fully saturated rings. The lowest BCUT2D eigenvalue weighted by molar-refractivity contribution is 0.629. The maximum Gasteiger partial charge on any atom is 0.125 e. The summed E-state index contributed by atoms with van der Waals surface area (Å²) in [6.07, 6.45) is 1.80. The van der Waals surface area contributed by atoms with Gasteiger partial charge in [-0.1, -0.05) is 30.9 Å². The fourth-order valence-electron chi connectivity index (χ4n) is 2.09. The molecule has 0 atom stereocenters. The molecule has 0 aliphatic heterocycles. The van der Waals surface area contributed by atoms with E-state index in [4.69, 9.17) is 0 Å². The van der Waals surface area contributed by atoms with Crippen molar-refractivity contribution in [1.82, 2.24) is 4.98 Å². The Hall–Kier alpha value is -2.09. The molecule has 3 aromatic rings. The molecular formula is C14H10FN. The number of hydrogen-bond donors (Lipinski definition) is 1. The SMILES string of the molecule is C=Cc1cccc2c1[nH]c1cc(F)ccc12. The highest BCUT2D eigenvalue weighted by Gasteiger charge is 2.06. The van der Waals surface area contributed by atoms with Crippen LogP contribution in [0.25, 0.3) is 27.9 Å². The number of halogens is 1. The van der Waals surface area contributed by atoms with Crippen LogP contribution in [0.2, 0.25) is 0 Å². The van der Waals surface area contributed by atoms with Gasteiger partial charge in [-0.2, -0.15) is 0 Å². The molecule has 78 valence electrons. The quantitative estimate of drug-likeness (QED) is 0.623. The van der Waals surface area contributed by atoms with Gasteiger partial charge in [-0.05, 0) is 23.8 Å². The molecule has 16 heavy (non-hydrogen) atoms. The average molecular weight is 211 g/mol. The average Bonchev–Trinajstić information content (AvgIpc) is 2.65. The van der Waals surface area contributed by atoms with Gasteiger partial charge in [0.2, 0.25) is 0 Å². The van der Waals surface area contributed by atoms with Gasteiger partial charge in [-0.15, -0.1) is 0 Å². The van der Waals surface area contributed by atoms with Crippen LogP contribution in [0, 0.1) is 5.82 Å². The third-order valence-electron chi connectivity index (χ3n) is 2.85. The number of rotatable bonds is 1. The molecule has 0 saturated heterocycles. The van der Waals surface area contributed by atoms with Gasteiger partial charge in [0.15, 0.2) is 0 Å². The van der Waals surface area contributed by atoms with Crippen molar-refractivity contribution >= 4 is 27.9 Å². The van der Waals surface area contributed by atoms with E-state index in [1.807, 2.05) is 18.2 Å². The molecule has 0 unspecified atom stereocenters. The molecule has 2 aromatic carbocycles. The van der Waals surface area contributed by atoms with E-state index >= 15 is 0 Å². The third kappa shape index (κ3) is 1.16. The molecule has 1 heterocycles. The second-order valence-electron chi connectivity index (χ2n) is 3.79. The summed E-state index contributed by atoms with van der Waals surface area (Å²) in [5, 5.41) is 2.15. The normalized spacial score (nSPS) is 11.1. The summed E-state index contributed by atoms with van der Waals surface area (Å²) in [6, 6.07) is 10.8. The molecule has 1 N–H and O–H groups in total. The number of benzene rings is 2. The predicted octanol–water partition coefficient (Wildman–Crippen LogP) is 4.10. The number of aromatic nitrogens is 1. The lowest BCUT2D eigenvalue weighted by Crippen LogP contribution is -1.74. The van der Waals surface area contributed by atoms with Crippen LogP contribution in [0.3, 0.4) is 0 Å². The van der Waals surface area contributed by atoms with Crippen molar-refractivity contribution in [3.63, 3.8) is 0 Å². The molecule has 0 spiro atoms. The van der Waals surface area contributed by atoms with E-state index in [-0.39, 0.29) is 5.82 Å². The molecule has 0 amide bonds. The van der Waals surface area contributed by atoms with Crippen LogP contribution in [-0.4, -0.2) is 4.98 Å². The van der Waals surface area contributed by atoms with E-state index in [0.29, 0.717) is 0 Å². The smallest absolute Gasteiger partial charge is 0.125 e. The lowest BCUT2D eigenvalue weighted by atomic mass is 10.1. The molecular weight excluding hydrogens is 201 g/mol. The van der Waals surface area contributed by atoms with E-state index < -0.39 is 0 Å². The Morgan fingerprint density at radius 1 is 1.12 bits per heavy atom. The minimum absolute atomic E-state index is 0.223. The van der Waals surface area contributed by atoms with Crippen molar-refractivity contribution in [2.75, 3.05) is 0 Å².